The van der Waals surface area contributed by atoms with Gasteiger partial charge in [0.05, 0.1) is 6.10 Å². The van der Waals surface area contributed by atoms with Gasteiger partial charge in [-0.3, -0.25) is 0 Å². The summed E-state index contributed by atoms with van der Waals surface area (Å²) in [7, 11) is 2.20. The zero-order valence-corrected chi connectivity index (χ0v) is 10.7. The first-order valence-electron chi connectivity index (χ1n) is 6.95. The summed E-state index contributed by atoms with van der Waals surface area (Å²) in [6.07, 6.45) is 10.1. The van der Waals surface area contributed by atoms with Gasteiger partial charge >= 0.3 is 0 Å². The van der Waals surface area contributed by atoms with Crippen molar-refractivity contribution in [2.75, 3.05) is 20.1 Å². The number of aliphatic hydroxyl groups excluding tert-OH is 1. The molecule has 1 N–H and O–H groups in total. The summed E-state index contributed by atoms with van der Waals surface area (Å²) in [5.74, 6) is 1.24. The van der Waals surface area contributed by atoms with E-state index in [0.29, 0.717) is 5.92 Å². The first kappa shape index (κ1) is 11.5. The molecule has 17 heavy (non-hydrogen) atoms. The number of nitrogens with zero attached hydrogens (tertiary/aromatic N) is 1. The monoisotopic (exact) mass is 233 g/mol. The molecule has 0 amide bonds. The van der Waals surface area contributed by atoms with Crippen LogP contribution >= 0.6 is 0 Å². The third-order valence-electron chi connectivity index (χ3n) is 4.86. The van der Waals surface area contributed by atoms with Crippen LogP contribution < -0.4 is 0 Å². The maximum Gasteiger partial charge on any atom is 0.0611 e. The van der Waals surface area contributed by atoms with E-state index >= 15 is 0 Å². The summed E-state index contributed by atoms with van der Waals surface area (Å²) in [4.78, 5) is 2.40. The minimum atomic E-state index is -0.0863. The van der Waals surface area contributed by atoms with Gasteiger partial charge in [0.1, 0.15) is 0 Å². The maximum atomic E-state index is 10.4. The molecule has 3 unspecified atom stereocenters. The summed E-state index contributed by atoms with van der Waals surface area (Å²) in [5, 5.41) is 10.4. The van der Waals surface area contributed by atoms with Crippen molar-refractivity contribution in [2.24, 2.45) is 11.8 Å². The molecule has 2 nitrogen and oxygen atoms in total. The second-order valence-electron chi connectivity index (χ2n) is 6.04. The second kappa shape index (κ2) is 4.58. The van der Waals surface area contributed by atoms with E-state index in [1.165, 1.54) is 25.1 Å². The summed E-state index contributed by atoms with van der Waals surface area (Å²) in [6.45, 7) is 2.39. The third-order valence-corrected chi connectivity index (χ3v) is 4.86. The number of hydrogen-bond donors (Lipinski definition) is 1. The van der Waals surface area contributed by atoms with Crippen molar-refractivity contribution in [1.29, 1.82) is 0 Å². The molecule has 0 spiro atoms. The predicted molar refractivity (Wildman–Crippen MR) is 69.7 cm³/mol. The highest BCUT2D eigenvalue weighted by molar-refractivity contribution is 5.28. The fourth-order valence-corrected chi connectivity index (χ4v) is 3.82. The maximum absolute atomic E-state index is 10.4. The van der Waals surface area contributed by atoms with Gasteiger partial charge in [-0.15, -0.1) is 0 Å². The van der Waals surface area contributed by atoms with Crippen molar-refractivity contribution in [2.45, 2.75) is 38.2 Å². The van der Waals surface area contributed by atoms with Crippen LogP contribution in [0.2, 0.25) is 0 Å². The Balaban J connectivity index is 1.73. The van der Waals surface area contributed by atoms with E-state index in [2.05, 4.69) is 24.1 Å². The number of likely N-dealkylation sites (tertiary alicyclic amines) is 1. The Morgan fingerprint density at radius 2 is 1.88 bits per heavy atom. The van der Waals surface area contributed by atoms with Crippen molar-refractivity contribution in [3.05, 3.63) is 23.3 Å². The number of aliphatic hydroxyl groups is 1. The van der Waals surface area contributed by atoms with Crippen molar-refractivity contribution in [3.63, 3.8) is 0 Å². The van der Waals surface area contributed by atoms with Gasteiger partial charge in [0.25, 0.3) is 0 Å². The summed E-state index contributed by atoms with van der Waals surface area (Å²) in [5.41, 5.74) is 3.17. The smallest absolute Gasteiger partial charge is 0.0611 e. The quantitative estimate of drug-likeness (QED) is 0.703. The highest BCUT2D eigenvalue weighted by Crippen LogP contribution is 2.41. The molecule has 1 heterocycles. The van der Waals surface area contributed by atoms with E-state index in [9.17, 15) is 5.11 Å². The van der Waals surface area contributed by atoms with Crippen LogP contribution in [0.3, 0.4) is 0 Å². The Labute approximate surface area is 104 Å². The molecule has 0 aromatic carbocycles. The minimum absolute atomic E-state index is 0.0863. The number of hydrogen-bond acceptors (Lipinski definition) is 2. The van der Waals surface area contributed by atoms with Gasteiger partial charge in [-0.1, -0.05) is 23.3 Å². The predicted octanol–water partition coefficient (Wildman–Crippen LogP) is 2.36. The summed E-state index contributed by atoms with van der Waals surface area (Å²) >= 11 is 0. The van der Waals surface area contributed by atoms with Crippen LogP contribution in [0, 0.1) is 11.8 Å². The molecule has 1 fully saturated rings. The molecular weight excluding hydrogens is 210 g/mol. The standard InChI is InChI=1S/C15H23NO/c1-16-7-6-13(10-16)14-8-11-4-2-3-5-12(11)9-15(14)17/h2-3,13-15,17H,4-10H2,1H3. The largest absolute Gasteiger partial charge is 0.392 e. The molecule has 94 valence electrons. The van der Waals surface area contributed by atoms with Gasteiger partial charge in [-0.2, -0.15) is 0 Å². The fourth-order valence-electron chi connectivity index (χ4n) is 3.82. The van der Waals surface area contributed by atoms with E-state index in [1.54, 1.807) is 5.57 Å². The van der Waals surface area contributed by atoms with Crippen molar-refractivity contribution < 1.29 is 5.11 Å². The lowest BCUT2D eigenvalue weighted by Gasteiger charge is -2.36. The molecule has 0 aromatic rings. The van der Waals surface area contributed by atoms with E-state index in [0.717, 1.165) is 31.6 Å². The van der Waals surface area contributed by atoms with Crippen molar-refractivity contribution in [3.8, 4) is 0 Å². The summed E-state index contributed by atoms with van der Waals surface area (Å²) < 4.78 is 0. The molecule has 0 bridgehead atoms. The van der Waals surface area contributed by atoms with Crippen LogP contribution in [-0.4, -0.2) is 36.2 Å². The van der Waals surface area contributed by atoms with Gasteiger partial charge in [-0.05, 0) is 57.5 Å². The third kappa shape index (κ3) is 2.21. The Hall–Kier alpha value is -0.600. The van der Waals surface area contributed by atoms with E-state index in [1.807, 2.05) is 0 Å². The lowest BCUT2D eigenvalue weighted by Crippen LogP contribution is -2.34. The van der Waals surface area contributed by atoms with Crippen molar-refractivity contribution in [1.82, 2.24) is 4.90 Å². The van der Waals surface area contributed by atoms with E-state index in [4.69, 9.17) is 0 Å². The molecule has 2 heteroatoms. The topological polar surface area (TPSA) is 23.5 Å². The first-order chi connectivity index (χ1) is 8.24. The van der Waals surface area contributed by atoms with Crippen LogP contribution in [0.4, 0.5) is 0 Å². The average molecular weight is 233 g/mol. The molecule has 3 aliphatic rings. The Kier molecular flexibility index (Phi) is 3.10. The van der Waals surface area contributed by atoms with Crippen LogP contribution in [-0.2, 0) is 0 Å². The van der Waals surface area contributed by atoms with E-state index in [-0.39, 0.29) is 6.10 Å². The number of rotatable bonds is 1. The molecule has 0 saturated carbocycles. The van der Waals surface area contributed by atoms with Gasteiger partial charge in [-0.25, -0.2) is 0 Å². The fraction of sp³-hybridized carbons (Fsp3) is 0.733. The second-order valence-corrected chi connectivity index (χ2v) is 6.04. The Morgan fingerprint density at radius 1 is 1.18 bits per heavy atom. The van der Waals surface area contributed by atoms with Gasteiger partial charge < -0.3 is 10.0 Å². The normalized spacial score (nSPS) is 38.6. The molecule has 3 atom stereocenters. The van der Waals surface area contributed by atoms with Crippen molar-refractivity contribution >= 4 is 0 Å². The van der Waals surface area contributed by atoms with Gasteiger partial charge in [0, 0.05) is 6.54 Å². The Morgan fingerprint density at radius 3 is 2.53 bits per heavy atom. The number of allylic oxidation sites excluding steroid dienone is 3. The zero-order valence-electron chi connectivity index (χ0n) is 10.7. The lowest BCUT2D eigenvalue weighted by molar-refractivity contribution is 0.0656. The molecule has 1 saturated heterocycles. The molecule has 0 aromatic heterocycles. The first-order valence-corrected chi connectivity index (χ1v) is 6.95. The Bertz CT molecular complexity index is 358. The molecule has 2 aliphatic carbocycles. The van der Waals surface area contributed by atoms with Crippen LogP contribution in [0.15, 0.2) is 23.3 Å². The zero-order chi connectivity index (χ0) is 11.8. The summed E-state index contributed by atoms with van der Waals surface area (Å²) in [6, 6.07) is 0. The van der Waals surface area contributed by atoms with Crippen LogP contribution in [0.25, 0.3) is 0 Å². The molecular formula is C15H23NO. The van der Waals surface area contributed by atoms with Gasteiger partial charge in [0.15, 0.2) is 0 Å². The van der Waals surface area contributed by atoms with Gasteiger partial charge in [0.2, 0.25) is 0 Å². The molecule has 3 rings (SSSR count). The molecule has 0 radical (unpaired) electrons. The average Bonchev–Trinajstić information content (AvgIpc) is 2.75. The highest BCUT2D eigenvalue weighted by Gasteiger charge is 2.36. The van der Waals surface area contributed by atoms with Crippen LogP contribution in [0.1, 0.15) is 32.1 Å². The SMILES string of the molecule is CN1CCC(C2CC3=C(CC=CC3)CC2O)C1. The van der Waals surface area contributed by atoms with Crippen LogP contribution in [0.5, 0.6) is 0 Å². The lowest BCUT2D eigenvalue weighted by atomic mass is 9.72. The molecule has 1 aliphatic heterocycles. The highest BCUT2D eigenvalue weighted by atomic mass is 16.3. The van der Waals surface area contributed by atoms with E-state index < -0.39 is 0 Å². The minimum Gasteiger partial charge on any atom is -0.392 e.